The van der Waals surface area contributed by atoms with Gasteiger partial charge in [0.2, 0.25) is 0 Å². The van der Waals surface area contributed by atoms with E-state index < -0.39 is 0 Å². The summed E-state index contributed by atoms with van der Waals surface area (Å²) >= 11 is 0. The van der Waals surface area contributed by atoms with E-state index in [0.29, 0.717) is 25.3 Å². The molecule has 2 heterocycles. The summed E-state index contributed by atoms with van der Waals surface area (Å²) in [5, 5.41) is 0. The maximum Gasteiger partial charge on any atom is 0.119 e. The largest absolute Gasteiger partial charge is 0.491 e. The van der Waals surface area contributed by atoms with Gasteiger partial charge in [0.25, 0.3) is 0 Å². The van der Waals surface area contributed by atoms with Gasteiger partial charge in [0, 0.05) is 19.7 Å². The van der Waals surface area contributed by atoms with Crippen molar-refractivity contribution in [3.63, 3.8) is 0 Å². The molecule has 0 aromatic heterocycles. The van der Waals surface area contributed by atoms with Gasteiger partial charge in [-0.15, -0.1) is 0 Å². The number of nitrogens with zero attached hydrogens (tertiary/aromatic N) is 1. The molecule has 0 spiro atoms. The lowest BCUT2D eigenvalue weighted by Crippen LogP contribution is -2.53. The number of ether oxygens (including phenoxy) is 3. The lowest BCUT2D eigenvalue weighted by molar-refractivity contribution is -0.0402. The van der Waals surface area contributed by atoms with Crippen molar-refractivity contribution in [2.75, 3.05) is 33.5 Å². The number of benzene rings is 2. The monoisotopic (exact) mass is 365 g/mol. The highest BCUT2D eigenvalue weighted by Crippen LogP contribution is 2.34. The summed E-state index contributed by atoms with van der Waals surface area (Å²) in [6, 6.07) is 19.9. The van der Waals surface area contributed by atoms with Gasteiger partial charge in [-0.1, -0.05) is 48.5 Å². The van der Waals surface area contributed by atoms with Crippen LogP contribution >= 0.6 is 0 Å². The van der Waals surface area contributed by atoms with E-state index in [1.165, 1.54) is 16.7 Å². The summed E-state index contributed by atoms with van der Waals surface area (Å²) in [6.07, 6.45) is 3.41. The molecule has 2 aliphatic heterocycles. The van der Waals surface area contributed by atoms with Crippen molar-refractivity contribution >= 4 is 5.57 Å². The zero-order chi connectivity index (χ0) is 18.5. The van der Waals surface area contributed by atoms with Gasteiger partial charge in [0.05, 0.1) is 25.9 Å². The number of rotatable bonds is 7. The van der Waals surface area contributed by atoms with Crippen LogP contribution in [-0.2, 0) is 16.0 Å². The van der Waals surface area contributed by atoms with Crippen molar-refractivity contribution in [3.05, 3.63) is 71.8 Å². The average molecular weight is 365 g/mol. The second kappa shape index (κ2) is 8.70. The van der Waals surface area contributed by atoms with E-state index >= 15 is 0 Å². The lowest BCUT2D eigenvalue weighted by Gasteiger charge is -2.44. The second-order valence-electron chi connectivity index (χ2n) is 7.18. The molecule has 0 radical (unpaired) electrons. The van der Waals surface area contributed by atoms with Crippen LogP contribution in [-0.4, -0.2) is 50.5 Å². The van der Waals surface area contributed by atoms with Gasteiger partial charge in [0.15, 0.2) is 0 Å². The molecular weight excluding hydrogens is 338 g/mol. The van der Waals surface area contributed by atoms with E-state index in [1.807, 2.05) is 0 Å². The number of methoxy groups -OCH3 is 1. The standard InChI is InChI=1S/C23H27NO3/c1-25-11-12-27-23-9-7-19(8-10-23)20-13-21-16-26-17-22(14-20)24(21)15-18-5-3-2-4-6-18/h2-10,13,21-22H,11-12,14-17H2,1H3. The molecule has 2 aromatic carbocycles. The summed E-state index contributed by atoms with van der Waals surface area (Å²) in [5.41, 5.74) is 4.07. The van der Waals surface area contributed by atoms with E-state index in [-0.39, 0.29) is 0 Å². The smallest absolute Gasteiger partial charge is 0.119 e. The fraction of sp³-hybridized carbons (Fsp3) is 0.391. The molecule has 27 heavy (non-hydrogen) atoms. The minimum absolute atomic E-state index is 0.338. The molecule has 4 nitrogen and oxygen atoms in total. The minimum Gasteiger partial charge on any atom is -0.491 e. The zero-order valence-corrected chi connectivity index (χ0v) is 15.8. The van der Waals surface area contributed by atoms with Crippen molar-refractivity contribution in [2.45, 2.75) is 25.0 Å². The average Bonchev–Trinajstić information content (AvgIpc) is 2.69. The van der Waals surface area contributed by atoms with E-state index in [0.717, 1.165) is 31.9 Å². The Morgan fingerprint density at radius 3 is 2.56 bits per heavy atom. The first kappa shape index (κ1) is 18.2. The van der Waals surface area contributed by atoms with E-state index in [2.05, 4.69) is 65.6 Å². The molecule has 2 aromatic rings. The van der Waals surface area contributed by atoms with Crippen LogP contribution in [0.25, 0.3) is 5.57 Å². The van der Waals surface area contributed by atoms with Crippen molar-refractivity contribution < 1.29 is 14.2 Å². The molecule has 1 saturated heterocycles. The first-order chi connectivity index (χ1) is 13.3. The Morgan fingerprint density at radius 2 is 1.81 bits per heavy atom. The molecule has 2 bridgehead atoms. The summed E-state index contributed by atoms with van der Waals surface area (Å²) < 4.78 is 16.5. The van der Waals surface area contributed by atoms with E-state index in [1.54, 1.807) is 7.11 Å². The van der Waals surface area contributed by atoms with Crippen LogP contribution in [0.4, 0.5) is 0 Å². The highest BCUT2D eigenvalue weighted by molar-refractivity contribution is 5.68. The first-order valence-corrected chi connectivity index (χ1v) is 9.64. The number of fused-ring (bicyclic) bond motifs is 2. The van der Waals surface area contributed by atoms with Gasteiger partial charge in [-0.05, 0) is 35.3 Å². The summed E-state index contributed by atoms with van der Waals surface area (Å²) in [5.74, 6) is 0.890. The fourth-order valence-electron chi connectivity index (χ4n) is 3.92. The van der Waals surface area contributed by atoms with Gasteiger partial charge in [-0.3, -0.25) is 4.90 Å². The molecule has 0 aliphatic carbocycles. The third kappa shape index (κ3) is 4.41. The van der Waals surface area contributed by atoms with Gasteiger partial charge < -0.3 is 14.2 Å². The molecular formula is C23H27NO3. The van der Waals surface area contributed by atoms with Gasteiger partial charge in [-0.25, -0.2) is 0 Å². The van der Waals surface area contributed by atoms with Gasteiger partial charge in [0.1, 0.15) is 12.4 Å². The molecule has 0 N–H and O–H groups in total. The Kier molecular flexibility index (Phi) is 5.87. The molecule has 2 unspecified atom stereocenters. The SMILES string of the molecule is COCCOc1ccc(C2=CC3COCC(C2)N3Cc2ccccc2)cc1. The molecule has 142 valence electrons. The lowest BCUT2D eigenvalue weighted by atomic mass is 9.89. The number of hydrogen-bond donors (Lipinski definition) is 0. The van der Waals surface area contributed by atoms with Crippen LogP contribution in [0.5, 0.6) is 5.75 Å². The molecule has 2 aliphatic rings. The normalized spacial score (nSPS) is 22.3. The number of hydrogen-bond acceptors (Lipinski definition) is 4. The molecule has 0 amide bonds. The zero-order valence-electron chi connectivity index (χ0n) is 15.8. The Bertz CT molecular complexity index is 757. The fourth-order valence-corrected chi connectivity index (χ4v) is 3.92. The van der Waals surface area contributed by atoms with E-state index in [4.69, 9.17) is 14.2 Å². The topological polar surface area (TPSA) is 30.9 Å². The first-order valence-electron chi connectivity index (χ1n) is 9.64. The van der Waals surface area contributed by atoms with Crippen molar-refractivity contribution in [2.24, 2.45) is 0 Å². The third-order valence-electron chi connectivity index (χ3n) is 5.33. The summed E-state index contributed by atoms with van der Waals surface area (Å²) in [6.45, 7) is 3.74. The summed E-state index contributed by atoms with van der Waals surface area (Å²) in [7, 11) is 1.68. The maximum atomic E-state index is 5.84. The van der Waals surface area contributed by atoms with Gasteiger partial charge >= 0.3 is 0 Å². The van der Waals surface area contributed by atoms with Crippen LogP contribution in [0.15, 0.2) is 60.7 Å². The molecule has 4 heteroatoms. The molecule has 4 rings (SSSR count). The predicted molar refractivity (Wildman–Crippen MR) is 107 cm³/mol. The van der Waals surface area contributed by atoms with Crippen LogP contribution < -0.4 is 4.74 Å². The van der Waals surface area contributed by atoms with Crippen molar-refractivity contribution in [1.82, 2.24) is 4.90 Å². The number of morpholine rings is 1. The molecule has 2 atom stereocenters. The summed E-state index contributed by atoms with van der Waals surface area (Å²) in [4.78, 5) is 2.59. The molecule has 1 fully saturated rings. The third-order valence-corrected chi connectivity index (χ3v) is 5.33. The van der Waals surface area contributed by atoms with Crippen LogP contribution in [0.2, 0.25) is 0 Å². The Morgan fingerprint density at radius 1 is 1.00 bits per heavy atom. The highest BCUT2D eigenvalue weighted by Gasteiger charge is 2.34. The van der Waals surface area contributed by atoms with Crippen LogP contribution in [0.3, 0.4) is 0 Å². The Labute approximate surface area is 161 Å². The molecule has 0 saturated carbocycles. The van der Waals surface area contributed by atoms with Crippen molar-refractivity contribution in [3.8, 4) is 5.75 Å². The Balaban J connectivity index is 1.47. The van der Waals surface area contributed by atoms with Gasteiger partial charge in [-0.2, -0.15) is 0 Å². The maximum absolute atomic E-state index is 5.84. The van der Waals surface area contributed by atoms with E-state index in [9.17, 15) is 0 Å². The predicted octanol–water partition coefficient (Wildman–Crippen LogP) is 3.77. The van der Waals surface area contributed by atoms with Crippen LogP contribution in [0.1, 0.15) is 17.5 Å². The minimum atomic E-state index is 0.338. The highest BCUT2D eigenvalue weighted by atomic mass is 16.5. The Hall–Kier alpha value is -2.14. The van der Waals surface area contributed by atoms with Crippen molar-refractivity contribution in [1.29, 1.82) is 0 Å². The quantitative estimate of drug-likeness (QED) is 0.699. The second-order valence-corrected chi connectivity index (χ2v) is 7.18. The van der Waals surface area contributed by atoms with Crippen LogP contribution in [0, 0.1) is 0 Å².